The predicted molar refractivity (Wildman–Crippen MR) is 283 cm³/mol. The minimum absolute atomic E-state index is 0.0386. The maximum Gasteiger partial charge on any atom is 0.326 e. The normalized spacial score (nSPS) is 12.7. The van der Waals surface area contributed by atoms with E-state index < -0.39 is 108 Å². The van der Waals surface area contributed by atoms with Crippen LogP contribution in [0.5, 0.6) is 0 Å². The molecule has 0 aliphatic carbocycles. The molecule has 1 aromatic carbocycles. The van der Waals surface area contributed by atoms with Crippen LogP contribution in [0.4, 0.5) is 17.5 Å². The first-order valence-electron chi connectivity index (χ1n) is 25.4. The standard InChI is InChI=1S/C48H71N17O16/c1-26(66)63(79)21-5-8-32(49)43(72)56-33(9-6-22-64(80)27(2)67)44(73)57-34(10-7-23-65(81)28(3)68)45(74)59-36(47(77)78)16-18-38(70)53-20-19-52-37(69)17-15-35(46(75)76)58-42(71)29-11-13-31(14-12-29)62(4)25-30-24-54-41-39(55-30)40(50)60-48(51)61-41/h11-14,24,32-36,79-81H,5-10,15-23,25,49H2,1-4H3,(H,52,69)(H,53,70)(H,56,72)(H,57,73)(H,58,71)(H,59,74)(H,75,76)(H,77,78)(H4,50,51,54,60,61)/t32-,33-,34-,35-,36-/m0/s1. The lowest BCUT2D eigenvalue weighted by Crippen LogP contribution is -2.57. The molecule has 0 saturated heterocycles. The molecule has 0 aliphatic rings. The second-order valence-electron chi connectivity index (χ2n) is 18.5. The van der Waals surface area contributed by atoms with E-state index in [0.717, 1.165) is 20.8 Å². The lowest BCUT2D eigenvalue weighted by Gasteiger charge is -2.26. The van der Waals surface area contributed by atoms with Crippen LogP contribution in [0, 0.1) is 0 Å². The van der Waals surface area contributed by atoms with Gasteiger partial charge >= 0.3 is 11.9 Å². The number of hydrogen-bond acceptors (Lipinski definition) is 22. The molecule has 33 heteroatoms. The smallest absolute Gasteiger partial charge is 0.326 e. The van der Waals surface area contributed by atoms with Crippen LogP contribution < -0.4 is 54.0 Å². The van der Waals surface area contributed by atoms with Gasteiger partial charge in [0.15, 0.2) is 17.0 Å². The number of rotatable bonds is 34. The second-order valence-corrected chi connectivity index (χ2v) is 18.5. The summed E-state index contributed by atoms with van der Waals surface area (Å²) in [7, 11) is 1.77. The fraction of sp³-hybridized carbons (Fsp3) is 0.521. The van der Waals surface area contributed by atoms with Crippen LogP contribution in [0.1, 0.15) is 101 Å². The maximum atomic E-state index is 13.8. The van der Waals surface area contributed by atoms with Gasteiger partial charge in [0.05, 0.1) is 24.5 Å². The minimum Gasteiger partial charge on any atom is -0.480 e. The molecule has 17 N–H and O–H groups in total. The van der Waals surface area contributed by atoms with E-state index in [1.54, 1.807) is 19.2 Å². The van der Waals surface area contributed by atoms with Crippen molar-refractivity contribution in [2.75, 3.05) is 56.1 Å². The number of carboxylic acids is 2. The molecule has 0 unspecified atom stereocenters. The van der Waals surface area contributed by atoms with Crippen LogP contribution >= 0.6 is 0 Å². The lowest BCUT2D eigenvalue weighted by atomic mass is 10.0. The van der Waals surface area contributed by atoms with Gasteiger partial charge in [0.2, 0.25) is 53.2 Å². The Balaban J connectivity index is 1.53. The summed E-state index contributed by atoms with van der Waals surface area (Å²) >= 11 is 0. The third kappa shape index (κ3) is 23.1. The highest BCUT2D eigenvalue weighted by Gasteiger charge is 2.31. The minimum atomic E-state index is -1.72. The van der Waals surface area contributed by atoms with Crippen molar-refractivity contribution in [3.8, 4) is 0 Å². The Morgan fingerprint density at radius 3 is 1.49 bits per heavy atom. The summed E-state index contributed by atoms with van der Waals surface area (Å²) in [6.07, 6.45) is -0.784. The molecule has 0 bridgehead atoms. The Bertz CT molecular complexity index is 2720. The Hall–Kier alpha value is -8.95. The van der Waals surface area contributed by atoms with Gasteiger partial charge < -0.3 is 64.2 Å². The van der Waals surface area contributed by atoms with Crippen molar-refractivity contribution in [2.45, 2.75) is 122 Å². The van der Waals surface area contributed by atoms with Crippen LogP contribution in [-0.2, 0) is 54.5 Å². The van der Waals surface area contributed by atoms with Crippen LogP contribution in [0.2, 0.25) is 0 Å². The van der Waals surface area contributed by atoms with Crippen molar-refractivity contribution in [2.24, 2.45) is 5.73 Å². The molecular weight excluding hydrogens is 1070 g/mol. The average Bonchev–Trinajstić information content (AvgIpc) is 3.40. The van der Waals surface area contributed by atoms with Gasteiger partial charge in [-0.05, 0) is 75.6 Å². The molecule has 2 aromatic heterocycles. The summed E-state index contributed by atoms with van der Waals surface area (Å²) in [6, 6.07) is -1.22. The quantitative estimate of drug-likeness (QED) is 0.0162. The molecule has 0 saturated carbocycles. The number of hydrogen-bond donors (Lipinski definition) is 14. The second kappa shape index (κ2) is 32.8. The number of benzene rings is 1. The van der Waals surface area contributed by atoms with Crippen LogP contribution in [0.15, 0.2) is 30.5 Å². The Morgan fingerprint density at radius 2 is 1.02 bits per heavy atom. The van der Waals surface area contributed by atoms with E-state index in [9.17, 15) is 78.6 Å². The monoisotopic (exact) mass is 1140 g/mol. The molecule has 9 amide bonds. The van der Waals surface area contributed by atoms with Gasteiger partial charge in [0, 0.05) is 84.6 Å². The molecule has 81 heavy (non-hydrogen) atoms. The number of amides is 9. The summed E-state index contributed by atoms with van der Waals surface area (Å²) in [5, 5.41) is 64.8. The van der Waals surface area contributed by atoms with Crippen molar-refractivity contribution in [3.63, 3.8) is 0 Å². The van der Waals surface area contributed by atoms with Crippen LogP contribution in [0.25, 0.3) is 11.2 Å². The number of carbonyl (C=O) groups is 11. The molecule has 33 nitrogen and oxygen atoms in total. The molecule has 0 spiro atoms. The molecular formula is C48H71N17O16. The van der Waals surface area contributed by atoms with Crippen molar-refractivity contribution >= 4 is 93.7 Å². The highest BCUT2D eigenvalue weighted by Crippen LogP contribution is 2.19. The lowest BCUT2D eigenvalue weighted by molar-refractivity contribution is -0.163. The van der Waals surface area contributed by atoms with Crippen LogP contribution in [0.3, 0.4) is 0 Å². The van der Waals surface area contributed by atoms with Gasteiger partial charge in [-0.2, -0.15) is 9.97 Å². The molecule has 3 rings (SSSR count). The average molecular weight is 1140 g/mol. The summed E-state index contributed by atoms with van der Waals surface area (Å²) in [6.45, 7) is 2.48. The summed E-state index contributed by atoms with van der Waals surface area (Å²) in [5.74, 6) is -10.0. The summed E-state index contributed by atoms with van der Waals surface area (Å²) in [4.78, 5) is 156. The first-order chi connectivity index (χ1) is 38.2. The van der Waals surface area contributed by atoms with Gasteiger partial charge in [-0.3, -0.25) is 58.8 Å². The van der Waals surface area contributed by atoms with E-state index in [0.29, 0.717) is 26.6 Å². The fourth-order valence-electron chi connectivity index (χ4n) is 7.46. The van der Waals surface area contributed by atoms with E-state index >= 15 is 0 Å². The van der Waals surface area contributed by atoms with E-state index in [1.807, 2.05) is 4.90 Å². The molecule has 2 heterocycles. The number of nitrogens with zero attached hydrogens (tertiary/aromatic N) is 8. The first kappa shape index (κ1) is 66.3. The Morgan fingerprint density at radius 1 is 0.580 bits per heavy atom. The summed E-state index contributed by atoms with van der Waals surface area (Å²) < 4.78 is 0. The zero-order chi connectivity index (χ0) is 60.5. The number of nitrogen functional groups attached to an aromatic ring is 2. The highest BCUT2D eigenvalue weighted by atomic mass is 16.5. The maximum absolute atomic E-state index is 13.8. The number of carbonyl (C=O) groups excluding carboxylic acids is 9. The number of carboxylic acid groups (broad SMARTS) is 2. The number of aliphatic carboxylic acids is 2. The van der Waals surface area contributed by atoms with Crippen molar-refractivity contribution < 1.29 is 78.6 Å². The van der Waals surface area contributed by atoms with Gasteiger partial charge in [0.25, 0.3) is 5.91 Å². The Kier molecular flexibility index (Phi) is 26.9. The molecule has 3 aromatic rings. The Labute approximate surface area is 463 Å². The third-order valence-electron chi connectivity index (χ3n) is 12.1. The largest absolute Gasteiger partial charge is 0.480 e. The SMILES string of the molecule is CC(=O)N(O)CCC[C@H](NC(=O)[C@H](CCCN(O)C(C)=O)NC(=O)[C@@H](N)CCCN(O)C(C)=O)C(=O)N[C@@H](CCC(=O)NCCNC(=O)CC[C@H](NC(=O)c1ccc(N(C)Cc2cnc3nc(N)nc(N)c3n2)cc1)C(=O)O)C(=O)O. The zero-order valence-electron chi connectivity index (χ0n) is 45.1. The number of nitrogens with one attached hydrogen (secondary N) is 6. The van der Waals surface area contributed by atoms with E-state index in [2.05, 4.69) is 51.8 Å². The molecule has 0 aliphatic heterocycles. The van der Waals surface area contributed by atoms with Crippen molar-refractivity contribution in [1.29, 1.82) is 0 Å². The highest BCUT2D eigenvalue weighted by molar-refractivity contribution is 5.97. The van der Waals surface area contributed by atoms with Gasteiger partial charge in [-0.25, -0.2) is 34.7 Å². The van der Waals surface area contributed by atoms with Gasteiger partial charge in [0.1, 0.15) is 24.2 Å². The predicted octanol–water partition coefficient (Wildman–Crippen LogP) is -2.88. The van der Waals surface area contributed by atoms with E-state index in [4.69, 9.17) is 17.2 Å². The zero-order valence-corrected chi connectivity index (χ0v) is 45.1. The molecule has 0 radical (unpaired) electrons. The van der Waals surface area contributed by atoms with E-state index in [-0.39, 0.29) is 119 Å². The van der Waals surface area contributed by atoms with Crippen LogP contribution in [-0.4, -0.2) is 196 Å². The fourth-order valence-corrected chi connectivity index (χ4v) is 7.46. The molecule has 444 valence electrons. The van der Waals surface area contributed by atoms with Gasteiger partial charge in [-0.15, -0.1) is 0 Å². The number of hydroxylamine groups is 6. The number of nitrogens with two attached hydrogens (primary N) is 3. The number of fused-ring (bicyclic) bond motifs is 1. The van der Waals surface area contributed by atoms with Gasteiger partial charge in [-0.1, -0.05) is 0 Å². The van der Waals surface area contributed by atoms with E-state index in [1.165, 1.54) is 18.3 Å². The summed E-state index contributed by atoms with van der Waals surface area (Å²) in [5.41, 5.74) is 19.4. The van der Waals surface area contributed by atoms with Crippen molar-refractivity contribution in [1.82, 2.24) is 67.0 Å². The topological polar surface area (TPSA) is 504 Å². The third-order valence-corrected chi connectivity index (χ3v) is 12.1. The number of anilines is 3. The van der Waals surface area contributed by atoms with Crippen molar-refractivity contribution in [3.05, 3.63) is 41.7 Å². The number of aromatic nitrogens is 4. The molecule has 5 atom stereocenters. The molecule has 0 fully saturated rings. The first-order valence-corrected chi connectivity index (χ1v) is 25.4.